The second-order valence-corrected chi connectivity index (χ2v) is 4.72. The fourth-order valence-electron chi connectivity index (χ4n) is 1.55. The third-order valence-corrected chi connectivity index (χ3v) is 3.29. The summed E-state index contributed by atoms with van der Waals surface area (Å²) >= 11 is 1.65. The Kier molecular flexibility index (Phi) is 3.97. The molecule has 0 bridgehead atoms. The van der Waals surface area contributed by atoms with Crippen molar-refractivity contribution in [2.45, 2.75) is 4.90 Å². The van der Waals surface area contributed by atoms with Crippen LogP contribution in [0.5, 0.6) is 11.5 Å². The highest BCUT2D eigenvalue weighted by molar-refractivity contribution is 7.98. The lowest BCUT2D eigenvalue weighted by molar-refractivity contribution is 0.0697. The van der Waals surface area contributed by atoms with Gasteiger partial charge in [-0.25, -0.2) is 4.79 Å². The molecule has 3 N–H and O–H groups in total. The van der Waals surface area contributed by atoms with Crippen molar-refractivity contribution in [3.05, 3.63) is 48.0 Å². The van der Waals surface area contributed by atoms with Crippen LogP contribution in [0.3, 0.4) is 0 Å². The number of ether oxygens (including phenoxy) is 1. The quantitative estimate of drug-likeness (QED) is 0.660. The summed E-state index contributed by atoms with van der Waals surface area (Å²) in [6.07, 6.45) is 2.00. The van der Waals surface area contributed by atoms with E-state index in [1.54, 1.807) is 17.8 Å². The van der Waals surface area contributed by atoms with Gasteiger partial charge in [-0.1, -0.05) is 0 Å². The summed E-state index contributed by atoms with van der Waals surface area (Å²) in [4.78, 5) is 11.9. The van der Waals surface area contributed by atoms with E-state index in [1.807, 2.05) is 30.5 Å². The SMILES string of the molecule is CSc1ccc(Oc2ccc(C(=O)O)cc2N)cc1. The number of nitrogen functional groups attached to an aromatic ring is 1. The molecule has 0 unspecified atom stereocenters. The van der Waals surface area contributed by atoms with Gasteiger partial charge in [0.25, 0.3) is 0 Å². The molecule has 0 aliphatic carbocycles. The molecule has 98 valence electrons. The summed E-state index contributed by atoms with van der Waals surface area (Å²) in [6.45, 7) is 0. The van der Waals surface area contributed by atoms with Crippen LogP contribution in [0.1, 0.15) is 10.4 Å². The van der Waals surface area contributed by atoms with Crippen molar-refractivity contribution in [3.8, 4) is 11.5 Å². The number of anilines is 1. The van der Waals surface area contributed by atoms with Crippen LogP contribution in [0.25, 0.3) is 0 Å². The van der Waals surface area contributed by atoms with Crippen molar-refractivity contribution in [1.29, 1.82) is 0 Å². The largest absolute Gasteiger partial charge is 0.478 e. The zero-order valence-electron chi connectivity index (χ0n) is 10.3. The highest BCUT2D eigenvalue weighted by Crippen LogP contribution is 2.29. The maximum Gasteiger partial charge on any atom is 0.335 e. The number of rotatable bonds is 4. The number of nitrogens with two attached hydrogens (primary N) is 1. The predicted molar refractivity (Wildman–Crippen MR) is 76.1 cm³/mol. The van der Waals surface area contributed by atoms with Gasteiger partial charge in [0, 0.05) is 4.90 Å². The minimum atomic E-state index is -1.01. The standard InChI is InChI=1S/C14H13NO3S/c1-19-11-5-3-10(4-6-11)18-13-7-2-9(14(16)17)8-12(13)15/h2-8H,15H2,1H3,(H,16,17). The second-order valence-electron chi connectivity index (χ2n) is 3.84. The molecule has 2 aromatic carbocycles. The molecule has 2 aromatic rings. The van der Waals surface area contributed by atoms with Gasteiger partial charge in [0.1, 0.15) is 11.5 Å². The Hall–Kier alpha value is -2.14. The van der Waals surface area contributed by atoms with E-state index in [-0.39, 0.29) is 5.56 Å². The molecular formula is C14H13NO3S. The maximum absolute atomic E-state index is 10.8. The Morgan fingerprint density at radius 2 is 1.89 bits per heavy atom. The summed E-state index contributed by atoms with van der Waals surface area (Å²) < 4.78 is 5.62. The molecule has 0 aromatic heterocycles. The number of hydrogen-bond donors (Lipinski definition) is 2. The van der Waals surface area contributed by atoms with Crippen molar-refractivity contribution >= 4 is 23.4 Å². The molecule has 0 atom stereocenters. The first-order chi connectivity index (χ1) is 9.10. The van der Waals surface area contributed by atoms with Crippen LogP contribution >= 0.6 is 11.8 Å². The van der Waals surface area contributed by atoms with E-state index in [0.29, 0.717) is 17.2 Å². The third kappa shape index (κ3) is 3.20. The van der Waals surface area contributed by atoms with Crippen molar-refractivity contribution in [1.82, 2.24) is 0 Å². The zero-order chi connectivity index (χ0) is 13.8. The molecule has 0 aliphatic rings. The summed E-state index contributed by atoms with van der Waals surface area (Å²) in [7, 11) is 0. The van der Waals surface area contributed by atoms with Crippen LogP contribution in [0.15, 0.2) is 47.4 Å². The highest BCUT2D eigenvalue weighted by Gasteiger charge is 2.07. The van der Waals surface area contributed by atoms with Crippen LogP contribution in [0.2, 0.25) is 0 Å². The van der Waals surface area contributed by atoms with Crippen LogP contribution in [-0.2, 0) is 0 Å². The van der Waals surface area contributed by atoms with Crippen LogP contribution in [0.4, 0.5) is 5.69 Å². The van der Waals surface area contributed by atoms with Crippen molar-refractivity contribution in [2.75, 3.05) is 12.0 Å². The minimum Gasteiger partial charge on any atom is -0.478 e. The minimum absolute atomic E-state index is 0.141. The third-order valence-electron chi connectivity index (χ3n) is 2.54. The average Bonchev–Trinajstić information content (AvgIpc) is 2.41. The number of benzene rings is 2. The van der Waals surface area contributed by atoms with E-state index in [2.05, 4.69) is 0 Å². The molecule has 0 heterocycles. The molecule has 0 spiro atoms. The molecule has 0 saturated heterocycles. The van der Waals surface area contributed by atoms with Gasteiger partial charge in [-0.2, -0.15) is 0 Å². The van der Waals surface area contributed by atoms with E-state index < -0.39 is 5.97 Å². The van der Waals surface area contributed by atoms with E-state index in [0.717, 1.165) is 4.90 Å². The van der Waals surface area contributed by atoms with Gasteiger partial charge in [0.05, 0.1) is 11.3 Å². The number of hydrogen-bond acceptors (Lipinski definition) is 4. The van der Waals surface area contributed by atoms with Gasteiger partial charge < -0.3 is 15.6 Å². The van der Waals surface area contributed by atoms with E-state index >= 15 is 0 Å². The Balaban J connectivity index is 2.20. The smallest absolute Gasteiger partial charge is 0.335 e. The fourth-order valence-corrected chi connectivity index (χ4v) is 1.95. The lowest BCUT2D eigenvalue weighted by Gasteiger charge is -2.09. The Bertz CT molecular complexity index is 596. The molecule has 0 aliphatic heterocycles. The molecule has 0 radical (unpaired) electrons. The molecular weight excluding hydrogens is 262 g/mol. The first-order valence-corrected chi connectivity index (χ1v) is 6.77. The van der Waals surface area contributed by atoms with Gasteiger partial charge in [-0.15, -0.1) is 11.8 Å². The Morgan fingerprint density at radius 1 is 1.21 bits per heavy atom. The second kappa shape index (κ2) is 5.67. The molecule has 0 fully saturated rings. The van der Waals surface area contributed by atoms with Gasteiger partial charge >= 0.3 is 5.97 Å². The topological polar surface area (TPSA) is 72.5 Å². The van der Waals surface area contributed by atoms with E-state index in [1.165, 1.54) is 12.1 Å². The number of carbonyl (C=O) groups is 1. The normalized spacial score (nSPS) is 10.2. The highest BCUT2D eigenvalue weighted by atomic mass is 32.2. The van der Waals surface area contributed by atoms with Gasteiger partial charge in [-0.05, 0) is 48.7 Å². The Morgan fingerprint density at radius 3 is 2.42 bits per heavy atom. The van der Waals surface area contributed by atoms with Crippen molar-refractivity contribution in [3.63, 3.8) is 0 Å². The first kappa shape index (κ1) is 13.3. The number of aromatic carboxylic acids is 1. The summed E-state index contributed by atoms with van der Waals surface area (Å²) in [6, 6.07) is 12.0. The zero-order valence-corrected chi connectivity index (χ0v) is 11.1. The van der Waals surface area contributed by atoms with Crippen LogP contribution in [0, 0.1) is 0 Å². The van der Waals surface area contributed by atoms with Gasteiger partial charge in [0.15, 0.2) is 0 Å². The van der Waals surface area contributed by atoms with Crippen LogP contribution < -0.4 is 10.5 Å². The molecule has 4 nitrogen and oxygen atoms in total. The summed E-state index contributed by atoms with van der Waals surface area (Å²) in [5, 5.41) is 8.85. The molecule has 5 heteroatoms. The molecule has 2 rings (SSSR count). The maximum atomic E-state index is 10.8. The van der Waals surface area contributed by atoms with Gasteiger partial charge in [0.2, 0.25) is 0 Å². The average molecular weight is 275 g/mol. The molecule has 0 amide bonds. The van der Waals surface area contributed by atoms with Crippen LogP contribution in [-0.4, -0.2) is 17.3 Å². The van der Waals surface area contributed by atoms with Crippen molar-refractivity contribution in [2.24, 2.45) is 0 Å². The number of carboxylic acid groups (broad SMARTS) is 1. The summed E-state index contributed by atoms with van der Waals surface area (Å²) in [5.74, 6) is 0.0945. The van der Waals surface area contributed by atoms with E-state index in [9.17, 15) is 4.79 Å². The fraction of sp³-hybridized carbons (Fsp3) is 0.0714. The predicted octanol–water partition coefficient (Wildman–Crippen LogP) is 3.48. The number of carboxylic acids is 1. The van der Waals surface area contributed by atoms with E-state index in [4.69, 9.17) is 15.6 Å². The molecule has 19 heavy (non-hydrogen) atoms. The number of thioether (sulfide) groups is 1. The Labute approximate surface area is 115 Å². The lowest BCUT2D eigenvalue weighted by atomic mass is 10.2. The lowest BCUT2D eigenvalue weighted by Crippen LogP contribution is -1.99. The van der Waals surface area contributed by atoms with Gasteiger partial charge in [-0.3, -0.25) is 0 Å². The monoisotopic (exact) mass is 275 g/mol. The first-order valence-electron chi connectivity index (χ1n) is 5.55. The van der Waals surface area contributed by atoms with Crippen molar-refractivity contribution < 1.29 is 14.6 Å². The summed E-state index contributed by atoms with van der Waals surface area (Å²) in [5.41, 5.74) is 6.21. The molecule has 0 saturated carbocycles.